The van der Waals surface area contributed by atoms with E-state index in [1.807, 2.05) is 0 Å². The Morgan fingerprint density at radius 2 is 1.63 bits per heavy atom. The van der Waals surface area contributed by atoms with Crippen molar-refractivity contribution < 1.29 is 24.2 Å². The van der Waals surface area contributed by atoms with E-state index in [2.05, 4.69) is 38.3 Å². The highest BCUT2D eigenvalue weighted by Crippen LogP contribution is 2.32. The van der Waals surface area contributed by atoms with Crippen LogP contribution in [0, 0.1) is 5.82 Å². The number of aliphatic carboxylic acids is 2. The molecule has 1 saturated heterocycles. The number of carbonyl (C=O) groups is 2. The molecule has 1 heterocycles. The Labute approximate surface area is 163 Å². The van der Waals surface area contributed by atoms with Crippen LogP contribution in [0.3, 0.4) is 0 Å². The normalized spacial score (nSPS) is 18.4. The molecule has 150 valence electrons. The summed E-state index contributed by atoms with van der Waals surface area (Å²) < 4.78 is 13.3. The van der Waals surface area contributed by atoms with Crippen LogP contribution in [0.4, 0.5) is 10.1 Å². The van der Waals surface area contributed by atoms with Crippen LogP contribution in [0.2, 0.25) is 5.02 Å². The van der Waals surface area contributed by atoms with Gasteiger partial charge in [0.1, 0.15) is 5.82 Å². The number of hydrogen-bond donors (Lipinski definition) is 4. The second kappa shape index (κ2) is 9.19. The molecule has 8 heteroatoms. The molecule has 4 N–H and O–H groups in total. The zero-order valence-corrected chi connectivity index (χ0v) is 16.6. The highest BCUT2D eigenvalue weighted by atomic mass is 35.5. The number of anilines is 1. The average molecular weight is 401 g/mol. The molecule has 1 aliphatic rings. The first-order chi connectivity index (χ1) is 12.3. The third-order valence-electron chi connectivity index (χ3n) is 3.85. The number of halogens is 2. The fraction of sp³-hybridized carbons (Fsp3) is 0.474. The van der Waals surface area contributed by atoms with E-state index in [9.17, 15) is 14.0 Å². The van der Waals surface area contributed by atoms with Gasteiger partial charge >= 0.3 is 11.9 Å². The van der Waals surface area contributed by atoms with Gasteiger partial charge in [0.25, 0.3) is 0 Å². The molecule has 0 saturated carbocycles. The van der Waals surface area contributed by atoms with E-state index in [0.29, 0.717) is 22.9 Å². The Morgan fingerprint density at radius 1 is 1.15 bits per heavy atom. The van der Waals surface area contributed by atoms with Crippen molar-refractivity contribution in [1.29, 1.82) is 0 Å². The minimum Gasteiger partial charge on any atom is -0.478 e. The number of piperidine rings is 1. The molecule has 1 aromatic carbocycles. The predicted molar refractivity (Wildman–Crippen MR) is 104 cm³/mol. The summed E-state index contributed by atoms with van der Waals surface area (Å²) in [6, 6.07) is 4.72. The van der Waals surface area contributed by atoms with Gasteiger partial charge in [0.2, 0.25) is 0 Å². The standard InChI is InChI=1S/C15H22ClFN2.C4H4O4/c1-14(2)8-11(9-15(3,4)19-14)18-13-7-10(17)5-6-12(13)16;5-3(6)1-2-4(7)8/h5-7,11,18-19H,8-9H2,1-4H3;1-2H,(H,5,6)(H,7,8)/b;2-1+. The van der Waals surface area contributed by atoms with Crippen molar-refractivity contribution in [1.82, 2.24) is 5.32 Å². The number of carboxylic acid groups (broad SMARTS) is 2. The first kappa shape index (κ1) is 22.9. The van der Waals surface area contributed by atoms with Crippen LogP contribution in [0.5, 0.6) is 0 Å². The lowest BCUT2D eigenvalue weighted by molar-refractivity contribution is -0.134. The molecule has 0 bridgehead atoms. The van der Waals surface area contributed by atoms with Crippen LogP contribution in [0.1, 0.15) is 40.5 Å². The molecule has 0 atom stereocenters. The Kier molecular flexibility index (Phi) is 7.80. The van der Waals surface area contributed by atoms with Crippen LogP contribution < -0.4 is 10.6 Å². The minimum atomic E-state index is -1.26. The summed E-state index contributed by atoms with van der Waals surface area (Å²) >= 11 is 6.11. The van der Waals surface area contributed by atoms with Gasteiger partial charge in [-0.05, 0) is 58.7 Å². The molecule has 27 heavy (non-hydrogen) atoms. The summed E-state index contributed by atoms with van der Waals surface area (Å²) in [7, 11) is 0. The topological polar surface area (TPSA) is 98.7 Å². The molecule has 0 spiro atoms. The highest BCUT2D eigenvalue weighted by Gasteiger charge is 2.37. The van der Waals surface area contributed by atoms with Gasteiger partial charge in [-0.2, -0.15) is 0 Å². The molecule has 0 aliphatic carbocycles. The summed E-state index contributed by atoms with van der Waals surface area (Å²) in [5, 5.41) is 23.2. The maximum Gasteiger partial charge on any atom is 0.328 e. The smallest absolute Gasteiger partial charge is 0.328 e. The maximum absolute atomic E-state index is 13.3. The van der Waals surface area contributed by atoms with E-state index in [1.165, 1.54) is 12.1 Å². The van der Waals surface area contributed by atoms with Crippen molar-refractivity contribution in [3.63, 3.8) is 0 Å². The van der Waals surface area contributed by atoms with Gasteiger partial charge in [-0.15, -0.1) is 0 Å². The van der Waals surface area contributed by atoms with Crippen LogP contribution in [0.15, 0.2) is 30.4 Å². The fourth-order valence-electron chi connectivity index (χ4n) is 3.39. The Morgan fingerprint density at radius 3 is 2.07 bits per heavy atom. The third-order valence-corrected chi connectivity index (χ3v) is 4.18. The highest BCUT2D eigenvalue weighted by molar-refractivity contribution is 6.33. The lowest BCUT2D eigenvalue weighted by Crippen LogP contribution is -2.60. The number of hydrogen-bond acceptors (Lipinski definition) is 4. The number of rotatable bonds is 4. The van der Waals surface area contributed by atoms with Gasteiger partial charge in [-0.1, -0.05) is 11.6 Å². The molecule has 1 aromatic rings. The number of nitrogens with one attached hydrogen (secondary N) is 2. The lowest BCUT2D eigenvalue weighted by atomic mass is 9.79. The quantitative estimate of drug-likeness (QED) is 0.572. The molecule has 0 amide bonds. The molecule has 6 nitrogen and oxygen atoms in total. The van der Waals surface area contributed by atoms with Crippen molar-refractivity contribution in [3.05, 3.63) is 41.2 Å². The third kappa shape index (κ3) is 8.88. The van der Waals surface area contributed by atoms with Crippen molar-refractivity contribution in [2.24, 2.45) is 0 Å². The van der Waals surface area contributed by atoms with E-state index in [4.69, 9.17) is 21.8 Å². The second-order valence-corrected chi connectivity index (χ2v) is 8.18. The molecule has 0 aromatic heterocycles. The summed E-state index contributed by atoms with van der Waals surface area (Å²) in [5.41, 5.74) is 0.790. The molecule has 1 fully saturated rings. The predicted octanol–water partition coefficient (Wildman–Crippen LogP) is 3.91. The van der Waals surface area contributed by atoms with Gasteiger partial charge in [0, 0.05) is 29.3 Å². The van der Waals surface area contributed by atoms with E-state index < -0.39 is 11.9 Å². The van der Waals surface area contributed by atoms with Gasteiger partial charge in [-0.3, -0.25) is 0 Å². The Bertz CT molecular complexity index is 688. The monoisotopic (exact) mass is 400 g/mol. The lowest BCUT2D eigenvalue weighted by Gasteiger charge is -2.47. The van der Waals surface area contributed by atoms with Crippen molar-refractivity contribution in [2.75, 3.05) is 5.32 Å². The maximum atomic E-state index is 13.3. The van der Waals surface area contributed by atoms with Crippen LogP contribution >= 0.6 is 11.6 Å². The zero-order valence-electron chi connectivity index (χ0n) is 15.8. The van der Waals surface area contributed by atoms with Crippen molar-refractivity contribution in [2.45, 2.75) is 57.7 Å². The first-order valence-electron chi connectivity index (χ1n) is 8.44. The second-order valence-electron chi connectivity index (χ2n) is 7.78. The van der Waals surface area contributed by atoms with E-state index in [0.717, 1.165) is 12.8 Å². The number of carboxylic acids is 2. The van der Waals surface area contributed by atoms with Gasteiger partial charge < -0.3 is 20.8 Å². The molecular weight excluding hydrogens is 375 g/mol. The van der Waals surface area contributed by atoms with Gasteiger partial charge in [0.15, 0.2) is 0 Å². The van der Waals surface area contributed by atoms with Crippen LogP contribution in [-0.4, -0.2) is 39.3 Å². The molecule has 0 unspecified atom stereocenters. The summed E-state index contributed by atoms with van der Waals surface area (Å²) in [5.74, 6) is -2.78. The summed E-state index contributed by atoms with van der Waals surface area (Å²) in [6.45, 7) is 8.76. The van der Waals surface area contributed by atoms with E-state index >= 15 is 0 Å². The SMILES string of the molecule is CC1(C)CC(Nc2cc(F)ccc2Cl)CC(C)(C)N1.O=C(O)/C=C/C(=O)O. The van der Waals surface area contributed by atoms with Crippen LogP contribution in [0.25, 0.3) is 0 Å². The largest absolute Gasteiger partial charge is 0.478 e. The van der Waals surface area contributed by atoms with Gasteiger partial charge in [-0.25, -0.2) is 14.0 Å². The first-order valence-corrected chi connectivity index (χ1v) is 8.82. The summed E-state index contributed by atoms with van der Waals surface area (Å²) in [6.07, 6.45) is 3.07. The van der Waals surface area contributed by atoms with Crippen molar-refractivity contribution >= 4 is 29.2 Å². The van der Waals surface area contributed by atoms with Gasteiger partial charge in [0.05, 0.1) is 10.7 Å². The van der Waals surface area contributed by atoms with E-state index in [1.54, 1.807) is 6.07 Å². The minimum absolute atomic E-state index is 0.0548. The van der Waals surface area contributed by atoms with Crippen molar-refractivity contribution in [3.8, 4) is 0 Å². The fourth-order valence-corrected chi connectivity index (χ4v) is 3.57. The Hall–Kier alpha value is -2.12. The Balaban J connectivity index is 0.000000387. The number of benzene rings is 1. The zero-order chi connectivity index (χ0) is 20.8. The molecule has 0 radical (unpaired) electrons. The molecular formula is C19H26ClFN2O4. The van der Waals surface area contributed by atoms with Crippen LogP contribution in [-0.2, 0) is 9.59 Å². The summed E-state index contributed by atoms with van der Waals surface area (Å²) in [4.78, 5) is 19.1. The average Bonchev–Trinajstić information content (AvgIpc) is 2.46. The molecule has 1 aliphatic heterocycles. The van der Waals surface area contributed by atoms with E-state index in [-0.39, 0.29) is 22.9 Å². The molecule has 2 rings (SSSR count).